The van der Waals surface area contributed by atoms with Crippen molar-refractivity contribution < 1.29 is 4.74 Å². The Labute approximate surface area is 111 Å². The third kappa shape index (κ3) is 3.49. The minimum atomic E-state index is 0.144. The van der Waals surface area contributed by atoms with Crippen LogP contribution in [0.5, 0.6) is 5.75 Å². The second kappa shape index (κ2) is 5.75. The summed E-state index contributed by atoms with van der Waals surface area (Å²) in [5.74, 6) is 1.77. The molecular weight excluding hydrogens is 222 g/mol. The van der Waals surface area contributed by atoms with Crippen molar-refractivity contribution in [3.05, 3.63) is 29.8 Å². The van der Waals surface area contributed by atoms with E-state index in [2.05, 4.69) is 50.4 Å². The van der Waals surface area contributed by atoms with E-state index in [9.17, 15) is 0 Å². The molecule has 0 radical (unpaired) electrons. The van der Waals surface area contributed by atoms with Crippen LogP contribution in [0.25, 0.3) is 0 Å². The maximum atomic E-state index is 6.08. The van der Waals surface area contributed by atoms with Crippen LogP contribution >= 0.6 is 0 Å². The fourth-order valence-electron chi connectivity index (χ4n) is 2.47. The summed E-state index contributed by atoms with van der Waals surface area (Å²) in [6.07, 6.45) is 2.47. The molecule has 0 unspecified atom stereocenters. The Hall–Kier alpha value is -1.02. The van der Waals surface area contributed by atoms with Crippen molar-refractivity contribution in [2.75, 3.05) is 19.7 Å². The number of rotatable bonds is 3. The third-order valence-electron chi connectivity index (χ3n) is 3.63. The second-order valence-corrected chi connectivity index (χ2v) is 6.25. The first-order valence-corrected chi connectivity index (χ1v) is 7.00. The molecule has 2 rings (SSSR count). The molecule has 1 aromatic carbocycles. The van der Waals surface area contributed by atoms with Gasteiger partial charge < -0.3 is 10.1 Å². The zero-order chi connectivity index (χ0) is 13.0. The molecule has 0 bridgehead atoms. The summed E-state index contributed by atoms with van der Waals surface area (Å²) < 4.78 is 6.08. The Morgan fingerprint density at radius 2 is 1.83 bits per heavy atom. The van der Waals surface area contributed by atoms with Gasteiger partial charge in [-0.3, -0.25) is 0 Å². The molecule has 0 aliphatic carbocycles. The van der Waals surface area contributed by atoms with Crippen LogP contribution in [0.3, 0.4) is 0 Å². The smallest absolute Gasteiger partial charge is 0.123 e. The van der Waals surface area contributed by atoms with Crippen molar-refractivity contribution in [3.8, 4) is 5.75 Å². The van der Waals surface area contributed by atoms with Crippen LogP contribution < -0.4 is 10.1 Å². The van der Waals surface area contributed by atoms with Gasteiger partial charge in [0.1, 0.15) is 5.75 Å². The van der Waals surface area contributed by atoms with Gasteiger partial charge in [0, 0.05) is 0 Å². The first kappa shape index (κ1) is 13.4. The van der Waals surface area contributed by atoms with Crippen LogP contribution in [-0.2, 0) is 5.41 Å². The molecule has 1 heterocycles. The fourth-order valence-corrected chi connectivity index (χ4v) is 2.47. The first-order valence-electron chi connectivity index (χ1n) is 7.00. The lowest BCUT2D eigenvalue weighted by molar-refractivity contribution is 0.212. The lowest BCUT2D eigenvalue weighted by Gasteiger charge is -2.26. The number of hydrogen-bond donors (Lipinski definition) is 1. The Morgan fingerprint density at radius 1 is 1.17 bits per heavy atom. The average Bonchev–Trinajstić information content (AvgIpc) is 2.37. The molecule has 1 aliphatic heterocycles. The number of nitrogens with one attached hydrogen (secondary N) is 1. The van der Waals surface area contributed by atoms with Gasteiger partial charge in [-0.25, -0.2) is 0 Å². The van der Waals surface area contributed by atoms with Crippen LogP contribution in [0.4, 0.5) is 0 Å². The standard InChI is InChI=1S/C16H25NO/c1-16(2,3)14-6-4-5-7-15(14)18-12-13-8-10-17-11-9-13/h4-7,13,17H,8-12H2,1-3H3. The van der Waals surface area contributed by atoms with Crippen LogP contribution in [0, 0.1) is 5.92 Å². The largest absolute Gasteiger partial charge is 0.493 e. The van der Waals surface area contributed by atoms with Gasteiger partial charge >= 0.3 is 0 Å². The van der Waals surface area contributed by atoms with Gasteiger partial charge in [-0.15, -0.1) is 0 Å². The maximum absolute atomic E-state index is 6.08. The maximum Gasteiger partial charge on any atom is 0.123 e. The van der Waals surface area contributed by atoms with Gasteiger partial charge in [-0.1, -0.05) is 39.0 Å². The van der Waals surface area contributed by atoms with Gasteiger partial charge in [0.25, 0.3) is 0 Å². The normalized spacial score (nSPS) is 17.7. The molecule has 0 spiro atoms. The SMILES string of the molecule is CC(C)(C)c1ccccc1OCC1CCNCC1. The Kier molecular flexibility index (Phi) is 4.28. The summed E-state index contributed by atoms with van der Waals surface area (Å²) >= 11 is 0. The van der Waals surface area contributed by atoms with Gasteiger partial charge in [0.15, 0.2) is 0 Å². The Balaban J connectivity index is 2.00. The van der Waals surface area contributed by atoms with Gasteiger partial charge in [0.05, 0.1) is 6.61 Å². The van der Waals surface area contributed by atoms with Crippen LogP contribution in [0.15, 0.2) is 24.3 Å². The Morgan fingerprint density at radius 3 is 2.50 bits per heavy atom. The van der Waals surface area contributed by atoms with Crippen molar-refractivity contribution in [2.24, 2.45) is 5.92 Å². The molecule has 2 nitrogen and oxygen atoms in total. The van der Waals surface area contributed by atoms with Crippen LogP contribution in [0.2, 0.25) is 0 Å². The molecule has 2 heteroatoms. The predicted octanol–water partition coefficient (Wildman–Crippen LogP) is 3.36. The molecule has 0 aromatic heterocycles. The first-order chi connectivity index (χ1) is 8.57. The number of benzene rings is 1. The van der Waals surface area contributed by atoms with E-state index in [4.69, 9.17) is 4.74 Å². The highest BCUT2D eigenvalue weighted by atomic mass is 16.5. The van der Waals surface area contributed by atoms with E-state index in [-0.39, 0.29) is 5.41 Å². The summed E-state index contributed by atoms with van der Waals surface area (Å²) in [7, 11) is 0. The summed E-state index contributed by atoms with van der Waals surface area (Å²) in [6.45, 7) is 9.83. The molecule has 0 atom stereocenters. The summed E-state index contributed by atoms with van der Waals surface area (Å²) in [5.41, 5.74) is 1.45. The van der Waals surface area contributed by atoms with Gasteiger partial charge in [-0.2, -0.15) is 0 Å². The number of piperidine rings is 1. The van der Waals surface area contributed by atoms with Gasteiger partial charge in [-0.05, 0) is 48.9 Å². The molecule has 1 N–H and O–H groups in total. The molecule has 18 heavy (non-hydrogen) atoms. The van der Waals surface area contributed by atoms with E-state index in [0.29, 0.717) is 5.92 Å². The topological polar surface area (TPSA) is 21.3 Å². The highest BCUT2D eigenvalue weighted by Gasteiger charge is 2.19. The quantitative estimate of drug-likeness (QED) is 0.884. The lowest BCUT2D eigenvalue weighted by Crippen LogP contribution is -2.30. The average molecular weight is 247 g/mol. The Bertz CT molecular complexity index is 375. The predicted molar refractivity (Wildman–Crippen MR) is 76.2 cm³/mol. The fraction of sp³-hybridized carbons (Fsp3) is 0.625. The van der Waals surface area contributed by atoms with E-state index in [1.54, 1.807) is 0 Å². The van der Waals surface area contributed by atoms with E-state index in [1.165, 1.54) is 18.4 Å². The zero-order valence-electron chi connectivity index (χ0n) is 11.8. The summed E-state index contributed by atoms with van der Waals surface area (Å²) in [6, 6.07) is 8.43. The molecule has 1 fully saturated rings. The van der Waals surface area contributed by atoms with Crippen LogP contribution in [-0.4, -0.2) is 19.7 Å². The monoisotopic (exact) mass is 247 g/mol. The second-order valence-electron chi connectivity index (χ2n) is 6.25. The third-order valence-corrected chi connectivity index (χ3v) is 3.63. The van der Waals surface area contributed by atoms with E-state index >= 15 is 0 Å². The summed E-state index contributed by atoms with van der Waals surface area (Å²) in [4.78, 5) is 0. The molecule has 0 amide bonds. The van der Waals surface area contributed by atoms with Crippen molar-refractivity contribution in [2.45, 2.75) is 39.0 Å². The molecule has 0 saturated carbocycles. The summed E-state index contributed by atoms with van der Waals surface area (Å²) in [5, 5.41) is 3.39. The minimum Gasteiger partial charge on any atom is -0.493 e. The molecule has 1 aromatic rings. The highest BCUT2D eigenvalue weighted by Crippen LogP contribution is 2.31. The van der Waals surface area contributed by atoms with Crippen molar-refractivity contribution in [3.63, 3.8) is 0 Å². The number of ether oxygens (including phenoxy) is 1. The van der Waals surface area contributed by atoms with E-state index in [1.807, 2.05) is 0 Å². The van der Waals surface area contributed by atoms with E-state index < -0.39 is 0 Å². The van der Waals surface area contributed by atoms with Crippen molar-refractivity contribution in [1.82, 2.24) is 5.32 Å². The number of hydrogen-bond acceptors (Lipinski definition) is 2. The molecule has 1 aliphatic rings. The van der Waals surface area contributed by atoms with Crippen molar-refractivity contribution in [1.29, 1.82) is 0 Å². The lowest BCUT2D eigenvalue weighted by atomic mass is 9.86. The highest BCUT2D eigenvalue weighted by molar-refractivity contribution is 5.38. The molecular formula is C16H25NO. The molecule has 100 valence electrons. The number of para-hydroxylation sites is 1. The molecule has 1 saturated heterocycles. The minimum absolute atomic E-state index is 0.144. The van der Waals surface area contributed by atoms with Crippen molar-refractivity contribution >= 4 is 0 Å². The zero-order valence-corrected chi connectivity index (χ0v) is 11.8. The van der Waals surface area contributed by atoms with Crippen LogP contribution in [0.1, 0.15) is 39.2 Å². The van der Waals surface area contributed by atoms with Gasteiger partial charge in [0.2, 0.25) is 0 Å². The van der Waals surface area contributed by atoms with E-state index in [0.717, 1.165) is 25.4 Å².